The number of hydrogen-bond donors (Lipinski definition) is 2. The molecule has 0 saturated carbocycles. The number of carboxylic acids is 1. The van der Waals surface area contributed by atoms with E-state index in [1.807, 2.05) is 6.92 Å². The van der Waals surface area contributed by atoms with E-state index in [0.29, 0.717) is 17.1 Å². The van der Waals surface area contributed by atoms with E-state index in [2.05, 4.69) is 15.5 Å². The molecule has 14 heteroatoms. The molecule has 3 heterocycles. The van der Waals surface area contributed by atoms with E-state index in [9.17, 15) is 29.6 Å². The van der Waals surface area contributed by atoms with Crippen LogP contribution < -0.4 is 5.32 Å². The fraction of sp³-hybridized carbons (Fsp3) is 0.278. The zero-order valence-electron chi connectivity index (χ0n) is 16.4. The number of hydrogen-bond acceptors (Lipinski definition) is 10. The fourth-order valence-corrected chi connectivity index (χ4v) is 6.54. The van der Waals surface area contributed by atoms with E-state index in [-0.39, 0.29) is 16.9 Å². The van der Waals surface area contributed by atoms with Gasteiger partial charge in [0.15, 0.2) is 4.34 Å². The van der Waals surface area contributed by atoms with Crippen LogP contribution in [0.2, 0.25) is 0 Å². The summed E-state index contributed by atoms with van der Waals surface area (Å²) in [6.45, 7) is 1.83. The van der Waals surface area contributed by atoms with Crippen molar-refractivity contribution < 1.29 is 24.4 Å². The molecule has 32 heavy (non-hydrogen) atoms. The van der Waals surface area contributed by atoms with Gasteiger partial charge in [0.1, 0.15) is 22.1 Å². The second kappa shape index (κ2) is 8.88. The van der Waals surface area contributed by atoms with Crippen LogP contribution in [0.25, 0.3) is 0 Å². The number of non-ortho nitro benzene ring substituents is 1. The first kappa shape index (κ1) is 22.2. The number of amides is 2. The minimum absolute atomic E-state index is 0.0617. The summed E-state index contributed by atoms with van der Waals surface area (Å²) in [5.74, 6) is -1.52. The molecule has 1 aromatic heterocycles. The van der Waals surface area contributed by atoms with Crippen LogP contribution in [0.15, 0.2) is 39.9 Å². The molecular weight excluding hydrogens is 478 g/mol. The molecule has 0 unspecified atom stereocenters. The molecule has 2 aliphatic heterocycles. The first-order valence-corrected chi connectivity index (χ1v) is 12.0. The summed E-state index contributed by atoms with van der Waals surface area (Å²) < 4.78 is 0.718. The molecule has 1 aromatic carbocycles. The summed E-state index contributed by atoms with van der Waals surface area (Å²) >= 11 is 4.14. The van der Waals surface area contributed by atoms with Gasteiger partial charge in [-0.1, -0.05) is 23.1 Å². The van der Waals surface area contributed by atoms with Crippen LogP contribution in [0.4, 0.5) is 5.69 Å². The Kier molecular flexibility index (Phi) is 6.17. The van der Waals surface area contributed by atoms with Gasteiger partial charge in [-0.05, 0) is 24.6 Å². The molecule has 166 valence electrons. The number of benzene rings is 1. The average Bonchev–Trinajstić information content (AvgIpc) is 3.20. The smallest absolute Gasteiger partial charge is 0.352 e. The van der Waals surface area contributed by atoms with Crippen molar-refractivity contribution in [3.63, 3.8) is 0 Å². The monoisotopic (exact) mass is 493 g/mol. The van der Waals surface area contributed by atoms with Gasteiger partial charge in [-0.15, -0.1) is 22.0 Å². The SMILES string of the molecule is Cc1nnc(SCC2=C(C(=O)O)N3C(=O)[C@@H](NC(=O)c4ccc([N+](=O)[O-])cc4)[C@H]3SC2)s1. The van der Waals surface area contributed by atoms with Crippen molar-refractivity contribution >= 4 is 58.3 Å². The molecule has 11 nitrogen and oxygen atoms in total. The van der Waals surface area contributed by atoms with Crippen LogP contribution in [0.1, 0.15) is 15.4 Å². The van der Waals surface area contributed by atoms with Crippen LogP contribution in [0.5, 0.6) is 0 Å². The number of nitrogens with one attached hydrogen (secondary N) is 1. The van der Waals surface area contributed by atoms with Gasteiger partial charge in [0.2, 0.25) is 0 Å². The van der Waals surface area contributed by atoms with Crippen molar-refractivity contribution in [3.8, 4) is 0 Å². The Morgan fingerprint density at radius 1 is 1.34 bits per heavy atom. The lowest BCUT2D eigenvalue weighted by molar-refractivity contribution is -0.384. The maximum absolute atomic E-state index is 12.7. The zero-order chi connectivity index (χ0) is 23.0. The average molecular weight is 494 g/mol. The molecule has 0 spiro atoms. The Morgan fingerprint density at radius 3 is 2.66 bits per heavy atom. The van der Waals surface area contributed by atoms with Crippen LogP contribution >= 0.6 is 34.9 Å². The number of nitrogens with zero attached hydrogens (tertiary/aromatic N) is 4. The second-order valence-corrected chi connectivity index (χ2v) is 10.3. The van der Waals surface area contributed by atoms with Crippen molar-refractivity contribution in [3.05, 3.63) is 56.2 Å². The Balaban J connectivity index is 1.46. The minimum atomic E-state index is -1.20. The first-order valence-electron chi connectivity index (χ1n) is 9.14. The number of nitro benzene ring substituents is 1. The lowest BCUT2D eigenvalue weighted by Crippen LogP contribution is -2.70. The van der Waals surface area contributed by atoms with Crippen LogP contribution in [0, 0.1) is 17.0 Å². The topological polar surface area (TPSA) is 156 Å². The van der Waals surface area contributed by atoms with Gasteiger partial charge in [-0.2, -0.15) is 0 Å². The predicted octanol–water partition coefficient (Wildman–Crippen LogP) is 1.90. The number of carbonyl (C=O) groups is 3. The standard InChI is InChI=1S/C18H15N5O6S3/c1-8-20-21-18(32-8)31-7-10-6-30-16-12(15(25)22(16)13(10)17(26)27)19-14(24)9-2-4-11(5-3-9)23(28)29/h2-5,12,16H,6-7H2,1H3,(H,19,24)(H,26,27)/t12-,16-/m1/s1. The third-order valence-electron chi connectivity index (χ3n) is 4.75. The molecule has 2 N–H and O–H groups in total. The highest BCUT2D eigenvalue weighted by Gasteiger charge is 2.54. The van der Waals surface area contributed by atoms with Gasteiger partial charge in [0.05, 0.1) is 4.92 Å². The van der Waals surface area contributed by atoms with E-state index >= 15 is 0 Å². The number of rotatable bonds is 7. The third kappa shape index (κ3) is 4.20. The van der Waals surface area contributed by atoms with Gasteiger partial charge in [-0.3, -0.25) is 24.6 Å². The van der Waals surface area contributed by atoms with Gasteiger partial charge in [0, 0.05) is 29.2 Å². The van der Waals surface area contributed by atoms with Crippen molar-refractivity contribution in [1.82, 2.24) is 20.4 Å². The minimum Gasteiger partial charge on any atom is -0.477 e. The molecule has 2 atom stereocenters. The van der Waals surface area contributed by atoms with Crippen LogP contribution in [-0.4, -0.2) is 65.8 Å². The Bertz CT molecular complexity index is 1150. The quantitative estimate of drug-likeness (QED) is 0.253. The Morgan fingerprint density at radius 2 is 2.06 bits per heavy atom. The second-order valence-electron chi connectivity index (χ2n) is 6.80. The largest absolute Gasteiger partial charge is 0.477 e. The molecule has 0 aliphatic carbocycles. The Hall–Kier alpha value is -2.97. The van der Waals surface area contributed by atoms with Crippen molar-refractivity contribution in [2.24, 2.45) is 0 Å². The number of β-lactam (4-membered cyclic amide) rings is 1. The van der Waals surface area contributed by atoms with Crippen LogP contribution in [-0.2, 0) is 9.59 Å². The molecule has 0 bridgehead atoms. The summed E-state index contributed by atoms with van der Waals surface area (Å²) in [5.41, 5.74) is 0.556. The van der Waals surface area contributed by atoms with Crippen molar-refractivity contribution in [2.45, 2.75) is 22.7 Å². The Labute approximate surface area is 193 Å². The van der Waals surface area contributed by atoms with Crippen molar-refractivity contribution in [2.75, 3.05) is 11.5 Å². The highest BCUT2D eigenvalue weighted by atomic mass is 32.2. The molecule has 2 aromatic rings. The molecule has 1 fully saturated rings. The van der Waals surface area contributed by atoms with E-state index in [1.165, 1.54) is 64.0 Å². The summed E-state index contributed by atoms with van der Waals surface area (Å²) in [5, 5.41) is 31.3. The summed E-state index contributed by atoms with van der Waals surface area (Å²) in [6, 6.07) is 4.13. The number of nitro groups is 1. The normalized spacial score (nSPS) is 19.9. The summed E-state index contributed by atoms with van der Waals surface area (Å²) in [6.07, 6.45) is 0. The number of aliphatic carboxylic acids is 1. The first-order chi connectivity index (χ1) is 15.3. The van der Waals surface area contributed by atoms with Crippen LogP contribution in [0.3, 0.4) is 0 Å². The number of carbonyl (C=O) groups excluding carboxylic acids is 2. The number of aromatic nitrogens is 2. The third-order valence-corrected chi connectivity index (χ3v) is 8.15. The lowest BCUT2D eigenvalue weighted by atomic mass is 10.0. The van der Waals surface area contributed by atoms with E-state index in [4.69, 9.17) is 0 Å². The van der Waals surface area contributed by atoms with Gasteiger partial charge < -0.3 is 10.4 Å². The van der Waals surface area contributed by atoms with Gasteiger partial charge in [0.25, 0.3) is 17.5 Å². The molecule has 0 radical (unpaired) electrons. The van der Waals surface area contributed by atoms with E-state index in [0.717, 1.165) is 9.35 Å². The van der Waals surface area contributed by atoms with E-state index in [1.54, 1.807) is 0 Å². The predicted molar refractivity (Wildman–Crippen MR) is 117 cm³/mol. The number of aryl methyl sites for hydroxylation is 1. The molecule has 1 saturated heterocycles. The summed E-state index contributed by atoms with van der Waals surface area (Å²) in [4.78, 5) is 48.5. The fourth-order valence-electron chi connectivity index (χ4n) is 3.24. The van der Waals surface area contributed by atoms with E-state index < -0.39 is 34.1 Å². The number of carboxylic acid groups (broad SMARTS) is 1. The highest BCUT2D eigenvalue weighted by Crippen LogP contribution is 2.41. The highest BCUT2D eigenvalue weighted by molar-refractivity contribution is 8.01. The zero-order valence-corrected chi connectivity index (χ0v) is 18.8. The number of fused-ring (bicyclic) bond motifs is 1. The molecule has 2 aliphatic rings. The molecule has 4 rings (SSSR count). The summed E-state index contributed by atoms with van der Waals surface area (Å²) in [7, 11) is 0. The molecular formula is C18H15N5O6S3. The molecule has 2 amide bonds. The van der Waals surface area contributed by atoms with Gasteiger partial charge >= 0.3 is 5.97 Å². The maximum Gasteiger partial charge on any atom is 0.352 e. The maximum atomic E-state index is 12.7. The van der Waals surface area contributed by atoms with Crippen molar-refractivity contribution in [1.29, 1.82) is 0 Å². The lowest BCUT2D eigenvalue weighted by Gasteiger charge is -2.49. The van der Waals surface area contributed by atoms with Gasteiger partial charge in [-0.25, -0.2) is 4.79 Å². The number of thioether (sulfide) groups is 2.